The molecule has 28 heavy (non-hydrogen) atoms. The molecule has 1 aromatic carbocycles. The second kappa shape index (κ2) is 8.14. The zero-order chi connectivity index (χ0) is 19.5. The standard InChI is InChI=1S/C21H19IN2O4/c1-25-18-11-19(26-2)16(22)10-15(18)17-8-9-23-24(17)21-13-27-12-20(28-21)14-6-4-3-5-7-14/h3-4,6,8-13H,5,7H2,1-2H3. The van der Waals surface area contributed by atoms with Crippen molar-refractivity contribution in [2.75, 3.05) is 14.2 Å². The third-order valence-electron chi connectivity index (χ3n) is 4.49. The third-order valence-corrected chi connectivity index (χ3v) is 5.33. The topological polar surface area (TPSA) is 54.7 Å². The second-order valence-electron chi connectivity index (χ2n) is 6.15. The van der Waals surface area contributed by atoms with Gasteiger partial charge in [-0.1, -0.05) is 18.2 Å². The van der Waals surface area contributed by atoms with Gasteiger partial charge in [-0.15, -0.1) is 0 Å². The van der Waals surface area contributed by atoms with Crippen molar-refractivity contribution in [2.24, 2.45) is 0 Å². The van der Waals surface area contributed by atoms with Crippen LogP contribution < -0.4 is 9.47 Å². The highest BCUT2D eigenvalue weighted by Gasteiger charge is 2.21. The maximum Gasteiger partial charge on any atom is 0.257 e. The summed E-state index contributed by atoms with van der Waals surface area (Å²) in [5.41, 5.74) is 2.80. The van der Waals surface area contributed by atoms with Crippen LogP contribution in [0, 0.1) is 3.57 Å². The largest absolute Gasteiger partial charge is 0.496 e. The molecule has 0 radical (unpaired) electrons. The lowest BCUT2D eigenvalue weighted by atomic mass is 10.0. The Bertz CT molecular complexity index is 1020. The predicted molar refractivity (Wildman–Crippen MR) is 114 cm³/mol. The second-order valence-corrected chi connectivity index (χ2v) is 7.31. The van der Waals surface area contributed by atoms with Gasteiger partial charge in [0.1, 0.15) is 17.8 Å². The predicted octanol–water partition coefficient (Wildman–Crippen LogP) is 5.09. The summed E-state index contributed by atoms with van der Waals surface area (Å²) in [5.74, 6) is 2.62. The minimum Gasteiger partial charge on any atom is -0.496 e. The molecule has 4 rings (SSSR count). The summed E-state index contributed by atoms with van der Waals surface area (Å²) in [7, 11) is 3.27. The molecule has 0 spiro atoms. The van der Waals surface area contributed by atoms with Gasteiger partial charge in [-0.2, -0.15) is 9.78 Å². The number of hydrogen-bond acceptors (Lipinski definition) is 5. The number of hydrogen-bond donors (Lipinski definition) is 0. The normalized spacial score (nSPS) is 15.8. The van der Waals surface area contributed by atoms with Crippen LogP contribution >= 0.6 is 22.6 Å². The van der Waals surface area contributed by atoms with Gasteiger partial charge in [0, 0.05) is 11.6 Å². The Labute approximate surface area is 176 Å². The van der Waals surface area contributed by atoms with E-state index in [-0.39, 0.29) is 0 Å². The van der Waals surface area contributed by atoms with Gasteiger partial charge in [-0.3, -0.25) is 0 Å². The van der Waals surface area contributed by atoms with E-state index in [0.717, 1.165) is 39.0 Å². The first-order chi connectivity index (χ1) is 13.7. The quantitative estimate of drug-likeness (QED) is 0.547. The molecule has 0 saturated carbocycles. The zero-order valence-electron chi connectivity index (χ0n) is 15.5. The fourth-order valence-corrected chi connectivity index (χ4v) is 3.79. The van der Waals surface area contributed by atoms with E-state index in [4.69, 9.17) is 18.9 Å². The molecule has 1 aromatic heterocycles. The van der Waals surface area contributed by atoms with Crippen LogP contribution in [0.3, 0.4) is 0 Å². The molecule has 1 aliphatic heterocycles. The highest BCUT2D eigenvalue weighted by atomic mass is 127. The molecule has 0 fully saturated rings. The van der Waals surface area contributed by atoms with Gasteiger partial charge < -0.3 is 18.9 Å². The number of allylic oxidation sites excluding steroid dienone is 4. The summed E-state index contributed by atoms with van der Waals surface area (Å²) < 4.78 is 25.3. The van der Waals surface area contributed by atoms with Crippen molar-refractivity contribution >= 4 is 28.5 Å². The van der Waals surface area contributed by atoms with Crippen LogP contribution in [-0.2, 0) is 9.47 Å². The summed E-state index contributed by atoms with van der Waals surface area (Å²) in [6, 6.07) is 5.78. The Balaban J connectivity index is 1.69. The van der Waals surface area contributed by atoms with E-state index >= 15 is 0 Å². The minimum absolute atomic E-state index is 0.487. The molecule has 2 heterocycles. The monoisotopic (exact) mass is 490 g/mol. The molecule has 7 heteroatoms. The molecule has 0 amide bonds. The molecule has 0 N–H and O–H groups in total. The lowest BCUT2D eigenvalue weighted by Gasteiger charge is -2.21. The minimum atomic E-state index is 0.487. The van der Waals surface area contributed by atoms with Gasteiger partial charge in [0.2, 0.25) is 0 Å². The third kappa shape index (κ3) is 3.54. The fraction of sp³-hybridized carbons (Fsp3) is 0.190. The highest BCUT2D eigenvalue weighted by molar-refractivity contribution is 14.1. The van der Waals surface area contributed by atoms with Crippen molar-refractivity contribution in [3.05, 3.63) is 70.1 Å². The van der Waals surface area contributed by atoms with Crippen LogP contribution in [0.25, 0.3) is 17.1 Å². The van der Waals surface area contributed by atoms with E-state index in [1.54, 1.807) is 37.6 Å². The SMILES string of the molecule is COc1cc(OC)c(-c2ccnn2C2=COC=C(C3=CC=CCC3)O2)cc1I. The van der Waals surface area contributed by atoms with Crippen molar-refractivity contribution in [2.45, 2.75) is 12.8 Å². The Morgan fingerprint density at radius 3 is 2.75 bits per heavy atom. The van der Waals surface area contributed by atoms with Gasteiger partial charge in [0.25, 0.3) is 5.88 Å². The van der Waals surface area contributed by atoms with Crippen LogP contribution in [0.1, 0.15) is 12.8 Å². The fourth-order valence-electron chi connectivity index (χ4n) is 3.10. The number of halogens is 1. The summed E-state index contributed by atoms with van der Waals surface area (Å²) >= 11 is 2.24. The van der Waals surface area contributed by atoms with E-state index in [1.807, 2.05) is 30.4 Å². The Morgan fingerprint density at radius 2 is 2.00 bits per heavy atom. The lowest BCUT2D eigenvalue weighted by molar-refractivity contribution is 0.265. The molecule has 0 saturated heterocycles. The number of ether oxygens (including phenoxy) is 4. The van der Waals surface area contributed by atoms with E-state index in [2.05, 4.69) is 33.8 Å². The van der Waals surface area contributed by atoms with E-state index < -0.39 is 0 Å². The van der Waals surface area contributed by atoms with Gasteiger partial charge in [-0.25, -0.2) is 0 Å². The first-order valence-electron chi connectivity index (χ1n) is 8.77. The van der Waals surface area contributed by atoms with Crippen molar-refractivity contribution in [1.82, 2.24) is 9.78 Å². The van der Waals surface area contributed by atoms with Crippen LogP contribution in [0.2, 0.25) is 0 Å². The summed E-state index contributed by atoms with van der Waals surface area (Å²) in [6.45, 7) is 0. The zero-order valence-corrected chi connectivity index (χ0v) is 17.7. The maximum atomic E-state index is 6.11. The molecule has 2 aliphatic rings. The molecule has 0 atom stereocenters. The average Bonchev–Trinajstić information content (AvgIpc) is 3.24. The summed E-state index contributed by atoms with van der Waals surface area (Å²) in [6.07, 6.45) is 13.0. The smallest absolute Gasteiger partial charge is 0.257 e. The van der Waals surface area contributed by atoms with Gasteiger partial charge in [-0.05, 0) is 53.1 Å². The van der Waals surface area contributed by atoms with Gasteiger partial charge >= 0.3 is 0 Å². The average molecular weight is 490 g/mol. The van der Waals surface area contributed by atoms with Gasteiger partial charge in [0.05, 0.1) is 29.7 Å². The maximum absolute atomic E-state index is 6.11. The molecule has 6 nitrogen and oxygen atoms in total. The van der Waals surface area contributed by atoms with E-state index in [0.29, 0.717) is 17.4 Å². The number of benzene rings is 1. The van der Waals surface area contributed by atoms with Crippen molar-refractivity contribution in [1.29, 1.82) is 0 Å². The van der Waals surface area contributed by atoms with Crippen molar-refractivity contribution in [3.63, 3.8) is 0 Å². The molecular formula is C21H19IN2O4. The summed E-state index contributed by atoms with van der Waals surface area (Å²) in [5, 5.41) is 4.44. The molecule has 2 aromatic rings. The molecule has 144 valence electrons. The number of rotatable bonds is 5. The van der Waals surface area contributed by atoms with E-state index in [1.165, 1.54) is 0 Å². The van der Waals surface area contributed by atoms with Crippen molar-refractivity contribution < 1.29 is 18.9 Å². The molecular weight excluding hydrogens is 471 g/mol. The molecule has 0 bridgehead atoms. The van der Waals surface area contributed by atoms with Gasteiger partial charge in [0.15, 0.2) is 12.0 Å². The number of nitrogens with zero attached hydrogens (tertiary/aromatic N) is 2. The Hall–Kier alpha value is -2.68. The number of aromatic nitrogens is 2. The Morgan fingerprint density at radius 1 is 1.14 bits per heavy atom. The van der Waals surface area contributed by atoms with Crippen LogP contribution in [0.4, 0.5) is 0 Å². The van der Waals surface area contributed by atoms with Crippen LogP contribution in [-0.4, -0.2) is 24.0 Å². The Kier molecular flexibility index (Phi) is 5.43. The van der Waals surface area contributed by atoms with Crippen LogP contribution in [0.5, 0.6) is 11.5 Å². The number of methoxy groups -OCH3 is 2. The first-order valence-corrected chi connectivity index (χ1v) is 9.85. The van der Waals surface area contributed by atoms with Crippen molar-refractivity contribution in [3.8, 4) is 22.8 Å². The molecule has 1 aliphatic carbocycles. The summed E-state index contributed by atoms with van der Waals surface area (Å²) in [4.78, 5) is 0. The highest BCUT2D eigenvalue weighted by Crippen LogP contribution is 2.38. The lowest BCUT2D eigenvalue weighted by Crippen LogP contribution is -2.10. The van der Waals surface area contributed by atoms with Crippen LogP contribution in [0.15, 0.2) is 66.5 Å². The molecule has 0 unspecified atom stereocenters. The van der Waals surface area contributed by atoms with E-state index in [9.17, 15) is 0 Å². The first kappa shape index (κ1) is 18.7.